The van der Waals surface area contributed by atoms with Gasteiger partial charge in [-0.3, -0.25) is 4.79 Å². The minimum Gasteiger partial charge on any atom is -0.370 e. The van der Waals surface area contributed by atoms with Crippen molar-refractivity contribution in [3.05, 3.63) is 0 Å². The van der Waals surface area contributed by atoms with E-state index in [1.807, 2.05) is 0 Å². The Hall–Kier alpha value is -0.610. The lowest BCUT2D eigenvalue weighted by Gasteiger charge is -2.30. The highest BCUT2D eigenvalue weighted by Gasteiger charge is 2.16. The zero-order chi connectivity index (χ0) is 11.8. The predicted molar refractivity (Wildman–Crippen MR) is 66.2 cm³/mol. The summed E-state index contributed by atoms with van der Waals surface area (Å²) < 4.78 is 0. The van der Waals surface area contributed by atoms with Crippen LogP contribution in [0.15, 0.2) is 0 Å². The summed E-state index contributed by atoms with van der Waals surface area (Å²) in [6.07, 6.45) is 5.49. The molecule has 1 unspecified atom stereocenters. The average Bonchev–Trinajstić information content (AvgIpc) is 2.27. The van der Waals surface area contributed by atoms with E-state index in [9.17, 15) is 4.79 Å². The van der Waals surface area contributed by atoms with E-state index in [4.69, 9.17) is 5.73 Å². The summed E-state index contributed by atoms with van der Waals surface area (Å²) in [6, 6.07) is 0.605. The molecule has 0 bridgehead atoms. The van der Waals surface area contributed by atoms with Crippen molar-refractivity contribution in [2.45, 2.75) is 45.1 Å². The Kier molecular flexibility index (Phi) is 6.42. The monoisotopic (exact) mass is 227 g/mol. The maximum absolute atomic E-state index is 10.8. The number of nitrogens with one attached hydrogen (secondary N) is 1. The van der Waals surface area contributed by atoms with E-state index in [1.54, 1.807) is 0 Å². The second-order valence-electron chi connectivity index (χ2n) is 4.66. The molecule has 16 heavy (non-hydrogen) atoms. The lowest BCUT2D eigenvalue weighted by atomic mass is 10.0. The van der Waals surface area contributed by atoms with Crippen molar-refractivity contribution in [1.82, 2.24) is 10.2 Å². The van der Waals surface area contributed by atoms with E-state index in [1.165, 1.54) is 19.3 Å². The molecule has 94 valence electrons. The third-order valence-electron chi connectivity index (χ3n) is 3.11. The molecular formula is C12H25N3O. The molecule has 1 aliphatic heterocycles. The largest absolute Gasteiger partial charge is 0.370 e. The zero-order valence-corrected chi connectivity index (χ0v) is 10.4. The van der Waals surface area contributed by atoms with E-state index >= 15 is 0 Å². The molecular weight excluding hydrogens is 202 g/mol. The van der Waals surface area contributed by atoms with Crippen LogP contribution in [0.4, 0.5) is 0 Å². The first kappa shape index (κ1) is 13.5. The van der Waals surface area contributed by atoms with Gasteiger partial charge in [0.2, 0.25) is 5.91 Å². The number of carbonyl (C=O) groups excluding carboxylic acids is 1. The van der Waals surface area contributed by atoms with Gasteiger partial charge in [-0.15, -0.1) is 0 Å². The van der Waals surface area contributed by atoms with E-state index in [0.29, 0.717) is 12.5 Å². The lowest BCUT2D eigenvalue weighted by Crippen LogP contribution is -2.44. The van der Waals surface area contributed by atoms with Crippen LogP contribution >= 0.6 is 0 Å². The summed E-state index contributed by atoms with van der Waals surface area (Å²) in [5.74, 6) is -0.197. The number of amides is 1. The molecule has 0 aromatic carbocycles. The molecule has 1 amide bonds. The summed E-state index contributed by atoms with van der Waals surface area (Å²) >= 11 is 0. The van der Waals surface area contributed by atoms with Crippen molar-refractivity contribution in [1.29, 1.82) is 0 Å². The number of nitrogens with zero attached hydrogens (tertiary/aromatic N) is 1. The molecule has 1 aliphatic rings. The zero-order valence-electron chi connectivity index (χ0n) is 10.4. The number of hydrogen-bond donors (Lipinski definition) is 2. The van der Waals surface area contributed by atoms with Gasteiger partial charge in [0.15, 0.2) is 0 Å². The number of hydrogen-bond acceptors (Lipinski definition) is 3. The highest BCUT2D eigenvalue weighted by Crippen LogP contribution is 2.09. The molecule has 1 atom stereocenters. The third-order valence-corrected chi connectivity index (χ3v) is 3.11. The Labute approximate surface area is 98.6 Å². The van der Waals surface area contributed by atoms with Gasteiger partial charge in [-0.05, 0) is 32.4 Å². The quantitative estimate of drug-likeness (QED) is 0.673. The third kappa shape index (κ3) is 5.47. The van der Waals surface area contributed by atoms with Crippen molar-refractivity contribution >= 4 is 5.91 Å². The molecule has 3 N–H and O–H groups in total. The van der Waals surface area contributed by atoms with E-state index in [2.05, 4.69) is 17.1 Å². The number of piperidine rings is 1. The average molecular weight is 227 g/mol. The molecule has 1 saturated heterocycles. The van der Waals surface area contributed by atoms with Gasteiger partial charge in [-0.2, -0.15) is 0 Å². The summed E-state index contributed by atoms with van der Waals surface area (Å²) in [5, 5.41) is 3.54. The smallest absolute Gasteiger partial charge is 0.218 e. The molecule has 1 fully saturated rings. The summed E-state index contributed by atoms with van der Waals surface area (Å²) in [4.78, 5) is 13.1. The van der Waals surface area contributed by atoms with Gasteiger partial charge >= 0.3 is 0 Å². The van der Waals surface area contributed by atoms with Crippen molar-refractivity contribution in [3.63, 3.8) is 0 Å². The van der Waals surface area contributed by atoms with Crippen molar-refractivity contribution in [2.75, 3.05) is 26.2 Å². The number of primary amides is 1. The van der Waals surface area contributed by atoms with Gasteiger partial charge in [-0.1, -0.05) is 13.3 Å². The molecule has 4 nitrogen and oxygen atoms in total. The van der Waals surface area contributed by atoms with E-state index < -0.39 is 0 Å². The van der Waals surface area contributed by atoms with Crippen LogP contribution in [0.5, 0.6) is 0 Å². The Morgan fingerprint density at radius 2 is 2.25 bits per heavy atom. The first-order valence-electron chi connectivity index (χ1n) is 6.46. The van der Waals surface area contributed by atoms with Gasteiger partial charge < -0.3 is 16.0 Å². The summed E-state index contributed by atoms with van der Waals surface area (Å²) in [7, 11) is 0. The minimum absolute atomic E-state index is 0.197. The molecule has 4 heteroatoms. The molecule has 0 saturated carbocycles. The second kappa shape index (κ2) is 7.63. The van der Waals surface area contributed by atoms with Crippen molar-refractivity contribution < 1.29 is 4.79 Å². The van der Waals surface area contributed by atoms with Gasteiger partial charge in [0, 0.05) is 25.6 Å². The van der Waals surface area contributed by atoms with Gasteiger partial charge in [-0.25, -0.2) is 0 Å². The first-order valence-corrected chi connectivity index (χ1v) is 6.46. The number of nitrogens with two attached hydrogens (primary N) is 1. The SMILES string of the molecule is CCCN(CCC(N)=O)CC1CCCCN1. The van der Waals surface area contributed by atoms with E-state index in [-0.39, 0.29) is 5.91 Å². The van der Waals surface area contributed by atoms with Crippen LogP contribution in [0, 0.1) is 0 Å². The second-order valence-corrected chi connectivity index (χ2v) is 4.66. The molecule has 1 rings (SSSR count). The Morgan fingerprint density at radius 1 is 1.44 bits per heavy atom. The maximum Gasteiger partial charge on any atom is 0.218 e. The van der Waals surface area contributed by atoms with Crippen LogP contribution in [-0.4, -0.2) is 43.0 Å². The topological polar surface area (TPSA) is 58.4 Å². The molecule has 0 aromatic rings. The van der Waals surface area contributed by atoms with Crippen LogP contribution in [0.3, 0.4) is 0 Å². The van der Waals surface area contributed by atoms with Gasteiger partial charge in [0.25, 0.3) is 0 Å². The first-order chi connectivity index (χ1) is 7.72. The Morgan fingerprint density at radius 3 is 2.81 bits per heavy atom. The number of carbonyl (C=O) groups is 1. The molecule has 0 aromatic heterocycles. The van der Waals surface area contributed by atoms with Crippen LogP contribution in [-0.2, 0) is 4.79 Å². The fraction of sp³-hybridized carbons (Fsp3) is 0.917. The van der Waals surface area contributed by atoms with Crippen LogP contribution in [0.2, 0.25) is 0 Å². The normalized spacial score (nSPS) is 21.2. The van der Waals surface area contributed by atoms with Crippen LogP contribution in [0.25, 0.3) is 0 Å². The summed E-state index contributed by atoms with van der Waals surface area (Å²) in [5.41, 5.74) is 5.19. The number of rotatable bonds is 7. The fourth-order valence-electron chi connectivity index (χ4n) is 2.27. The van der Waals surface area contributed by atoms with Gasteiger partial charge in [0.05, 0.1) is 0 Å². The highest BCUT2D eigenvalue weighted by molar-refractivity contribution is 5.73. The minimum atomic E-state index is -0.197. The van der Waals surface area contributed by atoms with Crippen molar-refractivity contribution in [3.8, 4) is 0 Å². The summed E-state index contributed by atoms with van der Waals surface area (Å²) in [6.45, 7) is 6.24. The lowest BCUT2D eigenvalue weighted by molar-refractivity contribution is -0.118. The molecule has 1 heterocycles. The molecule has 0 aliphatic carbocycles. The Bertz CT molecular complexity index is 202. The van der Waals surface area contributed by atoms with Crippen LogP contribution in [0.1, 0.15) is 39.0 Å². The van der Waals surface area contributed by atoms with E-state index in [0.717, 1.165) is 32.6 Å². The van der Waals surface area contributed by atoms with Crippen molar-refractivity contribution in [2.24, 2.45) is 5.73 Å². The van der Waals surface area contributed by atoms with Gasteiger partial charge in [0.1, 0.15) is 0 Å². The standard InChI is InChI=1S/C12H25N3O/c1-2-8-15(9-6-12(13)16)10-11-5-3-4-7-14-11/h11,14H,2-10H2,1H3,(H2,13,16). The van der Waals surface area contributed by atoms with Crippen LogP contribution < -0.4 is 11.1 Å². The molecule has 0 spiro atoms. The molecule has 0 radical (unpaired) electrons. The maximum atomic E-state index is 10.8. The Balaban J connectivity index is 2.27. The fourth-order valence-corrected chi connectivity index (χ4v) is 2.27. The highest BCUT2D eigenvalue weighted by atomic mass is 16.1. The predicted octanol–water partition coefficient (Wildman–Crippen LogP) is 0.716.